The summed E-state index contributed by atoms with van der Waals surface area (Å²) in [5.74, 6) is 0.688. The fraction of sp³-hybridized carbons (Fsp3) is 0.562. The van der Waals surface area contributed by atoms with Crippen LogP contribution in [-0.2, 0) is 11.2 Å². The zero-order chi connectivity index (χ0) is 14.7. The van der Waals surface area contributed by atoms with Crippen LogP contribution in [0.1, 0.15) is 24.8 Å². The number of piperidine rings is 1. The Morgan fingerprint density at radius 1 is 1.33 bits per heavy atom. The average Bonchev–Trinajstić information content (AvgIpc) is 2.89. The lowest BCUT2D eigenvalue weighted by molar-refractivity contribution is -0.131. The molecule has 2 heterocycles. The number of hydrogen-bond donors (Lipinski definition) is 1. The first-order chi connectivity index (χ1) is 10.2. The number of nitrogens with zero attached hydrogens (tertiary/aromatic N) is 1. The zero-order valence-electron chi connectivity index (χ0n) is 12.1. The maximum absolute atomic E-state index is 13.1. The largest absolute Gasteiger partial charge is 0.488 e. The number of ether oxygens (including phenoxy) is 1. The molecule has 1 saturated heterocycles. The summed E-state index contributed by atoms with van der Waals surface area (Å²) in [6.07, 6.45) is 4.12. The molecule has 1 fully saturated rings. The van der Waals surface area contributed by atoms with Crippen LogP contribution in [0, 0.1) is 5.82 Å². The van der Waals surface area contributed by atoms with Gasteiger partial charge >= 0.3 is 0 Å². The Morgan fingerprint density at radius 3 is 2.95 bits per heavy atom. The molecule has 0 aliphatic carbocycles. The number of rotatable bonds is 4. The molecule has 0 aromatic heterocycles. The molecule has 1 amide bonds. The van der Waals surface area contributed by atoms with E-state index < -0.39 is 0 Å². The Labute approximate surface area is 124 Å². The molecule has 1 aromatic rings. The molecule has 2 aliphatic heterocycles. The second-order valence-electron chi connectivity index (χ2n) is 5.77. The van der Waals surface area contributed by atoms with Crippen molar-refractivity contribution in [1.29, 1.82) is 0 Å². The smallest absolute Gasteiger partial charge is 0.236 e. The topological polar surface area (TPSA) is 41.6 Å². The van der Waals surface area contributed by atoms with Crippen LogP contribution in [0.4, 0.5) is 4.39 Å². The number of amides is 1. The van der Waals surface area contributed by atoms with Crippen molar-refractivity contribution in [3.05, 3.63) is 29.6 Å². The highest BCUT2D eigenvalue weighted by molar-refractivity contribution is 5.78. The van der Waals surface area contributed by atoms with E-state index in [0.29, 0.717) is 19.5 Å². The van der Waals surface area contributed by atoms with Gasteiger partial charge in [0.05, 0.1) is 6.54 Å². The maximum atomic E-state index is 13.1. The predicted octanol–water partition coefficient (Wildman–Crippen LogP) is 1.73. The summed E-state index contributed by atoms with van der Waals surface area (Å²) < 4.78 is 18.9. The molecule has 0 radical (unpaired) electrons. The first kappa shape index (κ1) is 14.3. The third-order valence-corrected chi connectivity index (χ3v) is 4.12. The summed E-state index contributed by atoms with van der Waals surface area (Å²) in [5, 5.41) is 3.16. The second-order valence-corrected chi connectivity index (χ2v) is 5.77. The van der Waals surface area contributed by atoms with Gasteiger partial charge in [0.25, 0.3) is 0 Å². The molecular weight excluding hydrogens is 271 g/mol. The van der Waals surface area contributed by atoms with Crippen molar-refractivity contribution in [1.82, 2.24) is 10.2 Å². The quantitative estimate of drug-likeness (QED) is 0.919. The van der Waals surface area contributed by atoms with Crippen LogP contribution in [0.3, 0.4) is 0 Å². The van der Waals surface area contributed by atoms with E-state index in [2.05, 4.69) is 5.32 Å². The molecule has 1 aromatic carbocycles. The molecule has 3 rings (SSSR count). The standard InChI is InChI=1S/C16H21FN2O2/c17-13-4-5-15-12(8-13)9-14(21-15)10-18-11-16(20)19-6-2-1-3-7-19/h4-5,8,14,18H,1-3,6-7,9-11H2. The number of carbonyl (C=O) groups is 1. The summed E-state index contributed by atoms with van der Waals surface area (Å²) in [6.45, 7) is 2.72. The van der Waals surface area contributed by atoms with E-state index in [0.717, 1.165) is 37.2 Å². The maximum Gasteiger partial charge on any atom is 0.236 e. The predicted molar refractivity (Wildman–Crippen MR) is 77.8 cm³/mol. The Balaban J connectivity index is 1.42. The summed E-state index contributed by atoms with van der Waals surface area (Å²) in [5.41, 5.74) is 0.907. The highest BCUT2D eigenvalue weighted by Crippen LogP contribution is 2.28. The van der Waals surface area contributed by atoms with Gasteiger partial charge in [0.2, 0.25) is 5.91 Å². The van der Waals surface area contributed by atoms with E-state index in [-0.39, 0.29) is 17.8 Å². The summed E-state index contributed by atoms with van der Waals surface area (Å²) in [6, 6.07) is 4.60. The van der Waals surface area contributed by atoms with Crippen molar-refractivity contribution in [3.8, 4) is 5.75 Å². The van der Waals surface area contributed by atoms with Crippen LogP contribution in [-0.4, -0.2) is 43.1 Å². The third kappa shape index (κ3) is 3.53. The Hall–Kier alpha value is -1.62. The van der Waals surface area contributed by atoms with Gasteiger partial charge in [-0.3, -0.25) is 4.79 Å². The molecular formula is C16H21FN2O2. The number of nitrogens with one attached hydrogen (secondary N) is 1. The van der Waals surface area contributed by atoms with Crippen molar-refractivity contribution in [2.45, 2.75) is 31.8 Å². The number of fused-ring (bicyclic) bond motifs is 1. The van der Waals surface area contributed by atoms with E-state index in [9.17, 15) is 9.18 Å². The minimum atomic E-state index is -0.230. The summed E-state index contributed by atoms with van der Waals surface area (Å²) in [4.78, 5) is 13.9. The molecule has 21 heavy (non-hydrogen) atoms. The van der Waals surface area contributed by atoms with Gasteiger partial charge in [0.1, 0.15) is 17.7 Å². The Bertz CT molecular complexity index is 515. The molecule has 0 spiro atoms. The molecule has 1 N–H and O–H groups in total. The van der Waals surface area contributed by atoms with Crippen LogP contribution in [0.2, 0.25) is 0 Å². The number of likely N-dealkylation sites (tertiary alicyclic amines) is 1. The van der Waals surface area contributed by atoms with Crippen molar-refractivity contribution in [2.24, 2.45) is 0 Å². The normalized spacial score (nSPS) is 21.0. The monoisotopic (exact) mass is 292 g/mol. The zero-order valence-corrected chi connectivity index (χ0v) is 12.1. The van der Waals surface area contributed by atoms with Gasteiger partial charge in [-0.1, -0.05) is 0 Å². The first-order valence-corrected chi connectivity index (χ1v) is 7.66. The highest BCUT2D eigenvalue weighted by atomic mass is 19.1. The minimum absolute atomic E-state index is 0.0176. The average molecular weight is 292 g/mol. The van der Waals surface area contributed by atoms with Crippen LogP contribution in [0.25, 0.3) is 0 Å². The van der Waals surface area contributed by atoms with E-state index in [1.54, 1.807) is 6.07 Å². The minimum Gasteiger partial charge on any atom is -0.488 e. The molecule has 4 nitrogen and oxygen atoms in total. The van der Waals surface area contributed by atoms with Crippen molar-refractivity contribution in [2.75, 3.05) is 26.2 Å². The van der Waals surface area contributed by atoms with E-state index >= 15 is 0 Å². The Kier molecular flexibility index (Phi) is 4.39. The molecule has 1 unspecified atom stereocenters. The van der Waals surface area contributed by atoms with Gasteiger partial charge in [-0.15, -0.1) is 0 Å². The first-order valence-electron chi connectivity index (χ1n) is 7.66. The third-order valence-electron chi connectivity index (χ3n) is 4.12. The lowest BCUT2D eigenvalue weighted by atomic mass is 10.1. The van der Waals surface area contributed by atoms with E-state index in [4.69, 9.17) is 4.74 Å². The fourth-order valence-electron chi connectivity index (χ4n) is 3.00. The van der Waals surface area contributed by atoms with Gasteiger partial charge in [-0.05, 0) is 37.5 Å². The summed E-state index contributed by atoms with van der Waals surface area (Å²) in [7, 11) is 0. The number of carbonyl (C=O) groups excluding carboxylic acids is 1. The van der Waals surface area contributed by atoms with Gasteiger partial charge in [-0.2, -0.15) is 0 Å². The van der Waals surface area contributed by atoms with Crippen LogP contribution < -0.4 is 10.1 Å². The fourth-order valence-corrected chi connectivity index (χ4v) is 3.00. The second kappa shape index (κ2) is 6.43. The lowest BCUT2D eigenvalue weighted by Gasteiger charge is -2.27. The molecule has 114 valence electrons. The highest BCUT2D eigenvalue weighted by Gasteiger charge is 2.23. The van der Waals surface area contributed by atoms with Crippen LogP contribution in [0.15, 0.2) is 18.2 Å². The molecule has 0 saturated carbocycles. The van der Waals surface area contributed by atoms with Crippen LogP contribution in [0.5, 0.6) is 5.75 Å². The number of benzene rings is 1. The number of halogens is 1. The van der Waals surface area contributed by atoms with E-state index in [1.807, 2.05) is 4.90 Å². The Morgan fingerprint density at radius 2 is 2.14 bits per heavy atom. The molecule has 2 aliphatic rings. The van der Waals surface area contributed by atoms with Gasteiger partial charge < -0.3 is 15.0 Å². The lowest BCUT2D eigenvalue weighted by Crippen LogP contribution is -2.43. The van der Waals surface area contributed by atoms with Crippen molar-refractivity contribution < 1.29 is 13.9 Å². The van der Waals surface area contributed by atoms with Gasteiger partial charge in [-0.25, -0.2) is 4.39 Å². The molecule has 1 atom stereocenters. The van der Waals surface area contributed by atoms with Crippen molar-refractivity contribution >= 4 is 5.91 Å². The molecule has 0 bridgehead atoms. The van der Waals surface area contributed by atoms with Crippen LogP contribution >= 0.6 is 0 Å². The van der Waals surface area contributed by atoms with Crippen molar-refractivity contribution in [3.63, 3.8) is 0 Å². The SMILES string of the molecule is O=C(CNCC1Cc2cc(F)ccc2O1)N1CCCCC1. The van der Waals surface area contributed by atoms with Gasteiger partial charge in [0, 0.05) is 31.6 Å². The molecule has 5 heteroatoms. The number of hydrogen-bond acceptors (Lipinski definition) is 3. The summed E-state index contributed by atoms with van der Waals surface area (Å²) >= 11 is 0. The van der Waals surface area contributed by atoms with Gasteiger partial charge in [0.15, 0.2) is 0 Å². The van der Waals surface area contributed by atoms with E-state index in [1.165, 1.54) is 18.6 Å².